The fraction of sp³-hybridized carbons (Fsp3) is 0.100. The number of aromatic nitrogens is 1. The Morgan fingerprint density at radius 1 is 1.38 bits per heavy atom. The standard InChI is InChI=1S/C10H9ClN2/c1-6-5-7-3-2-4-8(12)9(7)10(11)13-6/h2-5H,12H2,1H3. The van der Waals surface area contributed by atoms with E-state index in [1.54, 1.807) is 0 Å². The summed E-state index contributed by atoms with van der Waals surface area (Å²) in [4.78, 5) is 4.15. The summed E-state index contributed by atoms with van der Waals surface area (Å²) >= 11 is 5.98. The van der Waals surface area contributed by atoms with Gasteiger partial charge in [0.1, 0.15) is 5.15 Å². The van der Waals surface area contributed by atoms with Crippen LogP contribution >= 0.6 is 11.6 Å². The summed E-state index contributed by atoms with van der Waals surface area (Å²) in [5.74, 6) is 0. The minimum Gasteiger partial charge on any atom is -0.398 e. The van der Waals surface area contributed by atoms with Crippen LogP contribution in [-0.4, -0.2) is 4.98 Å². The number of halogens is 1. The number of rotatable bonds is 0. The largest absolute Gasteiger partial charge is 0.398 e. The molecule has 0 amide bonds. The van der Waals surface area contributed by atoms with Crippen molar-refractivity contribution in [3.63, 3.8) is 0 Å². The van der Waals surface area contributed by atoms with E-state index in [0.717, 1.165) is 16.5 Å². The first kappa shape index (κ1) is 8.32. The van der Waals surface area contributed by atoms with Crippen LogP contribution in [0.15, 0.2) is 24.3 Å². The zero-order valence-electron chi connectivity index (χ0n) is 7.21. The maximum atomic E-state index is 5.98. The van der Waals surface area contributed by atoms with E-state index in [4.69, 9.17) is 17.3 Å². The Hall–Kier alpha value is -1.28. The first-order valence-electron chi connectivity index (χ1n) is 4.00. The molecule has 0 saturated heterocycles. The van der Waals surface area contributed by atoms with Crippen molar-refractivity contribution < 1.29 is 0 Å². The Morgan fingerprint density at radius 2 is 2.15 bits per heavy atom. The Bertz CT molecular complexity index is 466. The summed E-state index contributed by atoms with van der Waals surface area (Å²) in [5.41, 5.74) is 7.36. The molecule has 0 aliphatic carbocycles. The third-order valence-electron chi connectivity index (χ3n) is 1.97. The van der Waals surface area contributed by atoms with Crippen LogP contribution in [-0.2, 0) is 0 Å². The van der Waals surface area contributed by atoms with Crippen LogP contribution in [0.25, 0.3) is 10.8 Å². The van der Waals surface area contributed by atoms with Gasteiger partial charge in [0, 0.05) is 16.8 Å². The van der Waals surface area contributed by atoms with Crippen molar-refractivity contribution in [3.05, 3.63) is 35.1 Å². The molecule has 13 heavy (non-hydrogen) atoms. The van der Waals surface area contributed by atoms with E-state index in [-0.39, 0.29) is 0 Å². The number of benzene rings is 1. The first-order valence-corrected chi connectivity index (χ1v) is 4.37. The molecule has 0 fully saturated rings. The van der Waals surface area contributed by atoms with Gasteiger partial charge in [-0.3, -0.25) is 0 Å². The van der Waals surface area contributed by atoms with E-state index < -0.39 is 0 Å². The van der Waals surface area contributed by atoms with Crippen molar-refractivity contribution in [1.29, 1.82) is 0 Å². The molecule has 0 radical (unpaired) electrons. The second kappa shape index (κ2) is 2.89. The van der Waals surface area contributed by atoms with Crippen molar-refractivity contribution in [1.82, 2.24) is 4.98 Å². The van der Waals surface area contributed by atoms with Gasteiger partial charge in [0.25, 0.3) is 0 Å². The lowest BCUT2D eigenvalue weighted by atomic mass is 10.1. The summed E-state index contributed by atoms with van der Waals surface area (Å²) in [7, 11) is 0. The van der Waals surface area contributed by atoms with E-state index in [1.165, 1.54) is 0 Å². The molecule has 1 aromatic carbocycles. The molecule has 2 aromatic rings. The summed E-state index contributed by atoms with van der Waals surface area (Å²) in [5, 5.41) is 2.36. The predicted molar refractivity (Wildman–Crippen MR) is 55.9 cm³/mol. The molecule has 0 unspecified atom stereocenters. The third-order valence-corrected chi connectivity index (χ3v) is 2.25. The number of hydrogen-bond acceptors (Lipinski definition) is 2. The number of fused-ring (bicyclic) bond motifs is 1. The van der Waals surface area contributed by atoms with Gasteiger partial charge in [-0.15, -0.1) is 0 Å². The highest BCUT2D eigenvalue weighted by molar-refractivity contribution is 6.35. The van der Waals surface area contributed by atoms with Gasteiger partial charge >= 0.3 is 0 Å². The van der Waals surface area contributed by atoms with Gasteiger partial charge < -0.3 is 5.73 Å². The fourth-order valence-corrected chi connectivity index (χ4v) is 1.77. The normalized spacial score (nSPS) is 10.6. The maximum Gasteiger partial charge on any atom is 0.139 e. The van der Waals surface area contributed by atoms with Gasteiger partial charge in [-0.05, 0) is 24.4 Å². The molecule has 66 valence electrons. The van der Waals surface area contributed by atoms with Crippen molar-refractivity contribution in [2.45, 2.75) is 6.92 Å². The van der Waals surface area contributed by atoms with Crippen molar-refractivity contribution in [3.8, 4) is 0 Å². The van der Waals surface area contributed by atoms with Gasteiger partial charge in [-0.25, -0.2) is 4.98 Å². The molecule has 0 bridgehead atoms. The molecule has 2 rings (SSSR count). The Kier molecular flexibility index (Phi) is 1.85. The Morgan fingerprint density at radius 3 is 2.92 bits per heavy atom. The van der Waals surface area contributed by atoms with Crippen LogP contribution in [0.3, 0.4) is 0 Å². The van der Waals surface area contributed by atoms with E-state index >= 15 is 0 Å². The second-order valence-electron chi connectivity index (χ2n) is 3.00. The number of nitrogen functional groups attached to an aromatic ring is 1. The summed E-state index contributed by atoms with van der Waals surface area (Å²) in [6.45, 7) is 1.91. The molecule has 0 saturated carbocycles. The number of anilines is 1. The monoisotopic (exact) mass is 192 g/mol. The summed E-state index contributed by atoms with van der Waals surface area (Å²) in [6, 6.07) is 7.68. The molecule has 1 heterocycles. The van der Waals surface area contributed by atoms with Crippen LogP contribution in [0.5, 0.6) is 0 Å². The smallest absolute Gasteiger partial charge is 0.139 e. The molecule has 0 atom stereocenters. The minimum atomic E-state index is 0.480. The minimum absolute atomic E-state index is 0.480. The average Bonchev–Trinajstić information content (AvgIpc) is 2.02. The molecular formula is C10H9ClN2. The van der Waals surface area contributed by atoms with Gasteiger partial charge in [-0.1, -0.05) is 23.7 Å². The van der Waals surface area contributed by atoms with Gasteiger partial charge in [-0.2, -0.15) is 0 Å². The summed E-state index contributed by atoms with van der Waals surface area (Å²) < 4.78 is 0. The number of aryl methyl sites for hydroxylation is 1. The summed E-state index contributed by atoms with van der Waals surface area (Å²) in [6.07, 6.45) is 0. The zero-order valence-corrected chi connectivity index (χ0v) is 7.97. The molecule has 0 aliphatic heterocycles. The van der Waals surface area contributed by atoms with E-state index in [2.05, 4.69) is 4.98 Å². The van der Waals surface area contributed by atoms with Crippen molar-refractivity contribution in [2.24, 2.45) is 0 Å². The Balaban J connectivity index is 2.94. The highest BCUT2D eigenvalue weighted by Gasteiger charge is 2.03. The van der Waals surface area contributed by atoms with Gasteiger partial charge in [0.05, 0.1) is 0 Å². The Labute approximate surface area is 81.3 Å². The van der Waals surface area contributed by atoms with Crippen LogP contribution in [0.1, 0.15) is 5.69 Å². The van der Waals surface area contributed by atoms with Crippen LogP contribution < -0.4 is 5.73 Å². The van der Waals surface area contributed by atoms with Crippen LogP contribution in [0, 0.1) is 6.92 Å². The average molecular weight is 193 g/mol. The third kappa shape index (κ3) is 1.33. The van der Waals surface area contributed by atoms with E-state index in [0.29, 0.717) is 10.8 Å². The lowest BCUT2D eigenvalue weighted by Crippen LogP contribution is -1.90. The van der Waals surface area contributed by atoms with Crippen molar-refractivity contribution >= 4 is 28.1 Å². The quantitative estimate of drug-likeness (QED) is 0.515. The SMILES string of the molecule is Cc1cc2cccc(N)c2c(Cl)n1. The molecular weight excluding hydrogens is 184 g/mol. The topological polar surface area (TPSA) is 38.9 Å². The lowest BCUT2D eigenvalue weighted by Gasteiger charge is -2.04. The van der Waals surface area contributed by atoms with Gasteiger partial charge in [0.2, 0.25) is 0 Å². The maximum absolute atomic E-state index is 5.98. The second-order valence-corrected chi connectivity index (χ2v) is 3.36. The first-order chi connectivity index (χ1) is 6.18. The number of hydrogen-bond donors (Lipinski definition) is 1. The van der Waals surface area contributed by atoms with E-state index in [9.17, 15) is 0 Å². The molecule has 0 aliphatic rings. The van der Waals surface area contributed by atoms with Crippen LogP contribution in [0.4, 0.5) is 5.69 Å². The fourth-order valence-electron chi connectivity index (χ4n) is 1.42. The number of nitrogens with zero attached hydrogens (tertiary/aromatic N) is 1. The molecule has 2 nitrogen and oxygen atoms in total. The van der Waals surface area contributed by atoms with E-state index in [1.807, 2.05) is 31.2 Å². The lowest BCUT2D eigenvalue weighted by molar-refractivity contribution is 1.22. The molecule has 1 aromatic heterocycles. The number of nitrogens with two attached hydrogens (primary N) is 1. The molecule has 2 N–H and O–H groups in total. The molecule has 3 heteroatoms. The van der Waals surface area contributed by atoms with Crippen LogP contribution in [0.2, 0.25) is 5.15 Å². The highest BCUT2D eigenvalue weighted by Crippen LogP contribution is 2.27. The highest BCUT2D eigenvalue weighted by atomic mass is 35.5. The zero-order chi connectivity index (χ0) is 9.42. The molecule has 0 spiro atoms. The predicted octanol–water partition coefficient (Wildman–Crippen LogP) is 2.78. The van der Waals surface area contributed by atoms with Gasteiger partial charge in [0.15, 0.2) is 0 Å². The van der Waals surface area contributed by atoms with Crippen molar-refractivity contribution in [2.75, 3.05) is 5.73 Å². The number of pyridine rings is 1.